The lowest BCUT2D eigenvalue weighted by Crippen LogP contribution is -2.36. The number of imidazole rings is 1. The monoisotopic (exact) mass is 599 g/mol. The van der Waals surface area contributed by atoms with Crippen LogP contribution in [-0.2, 0) is 14.8 Å². The van der Waals surface area contributed by atoms with Crippen LogP contribution in [0.3, 0.4) is 0 Å². The molecule has 4 heterocycles. The van der Waals surface area contributed by atoms with Gasteiger partial charge in [-0.15, -0.1) is 23.7 Å². The summed E-state index contributed by atoms with van der Waals surface area (Å²) in [4.78, 5) is 23.5. The third-order valence-corrected chi connectivity index (χ3v) is 8.56. The maximum atomic E-state index is 12.5. The number of benzene rings is 1. The lowest BCUT2D eigenvalue weighted by atomic mass is 10.1. The fraction of sp³-hybridized carbons (Fsp3) is 0.0870. The Morgan fingerprint density at radius 1 is 1.14 bits per heavy atom. The Morgan fingerprint density at radius 3 is 2.43 bits per heavy atom. The third-order valence-electron chi connectivity index (χ3n) is 5.13. The first-order chi connectivity index (χ1) is 17.1. The molecule has 0 saturated carbocycles. The second kappa shape index (κ2) is 11.5. The van der Waals surface area contributed by atoms with Crippen molar-refractivity contribution in [2.75, 3.05) is 12.4 Å². The quantitative estimate of drug-likeness (QED) is 0.274. The summed E-state index contributed by atoms with van der Waals surface area (Å²) in [5, 5.41) is 13.5. The van der Waals surface area contributed by atoms with E-state index in [-0.39, 0.29) is 38.0 Å². The third kappa shape index (κ3) is 5.91. The smallest absolute Gasteiger partial charge is 0.278 e. The van der Waals surface area contributed by atoms with Crippen molar-refractivity contribution in [1.29, 1.82) is 0 Å². The Bertz CT molecular complexity index is 1550. The van der Waals surface area contributed by atoms with E-state index in [0.717, 1.165) is 37.6 Å². The zero-order valence-corrected chi connectivity index (χ0v) is 23.2. The number of H-pyrrole nitrogens is 1. The number of aliphatic hydroxyl groups is 1. The summed E-state index contributed by atoms with van der Waals surface area (Å²) < 4.78 is 25.9. The summed E-state index contributed by atoms with van der Waals surface area (Å²) in [5.74, 6) is -0.997. The lowest BCUT2D eigenvalue weighted by molar-refractivity contribution is -0.113. The van der Waals surface area contributed by atoms with Crippen LogP contribution in [0.15, 0.2) is 71.6 Å². The number of carbonyl (C=O) groups is 1. The molecule has 1 amide bonds. The lowest BCUT2D eigenvalue weighted by Gasteiger charge is -2.26. The number of amides is 1. The van der Waals surface area contributed by atoms with Gasteiger partial charge in [-0.3, -0.25) is 9.10 Å². The van der Waals surface area contributed by atoms with E-state index in [4.69, 9.17) is 23.2 Å². The number of rotatable bonds is 3. The Labute approximate surface area is 233 Å². The summed E-state index contributed by atoms with van der Waals surface area (Å²) in [6, 6.07) is 13.8. The van der Waals surface area contributed by atoms with E-state index in [9.17, 15) is 18.3 Å². The van der Waals surface area contributed by atoms with Gasteiger partial charge in [0.15, 0.2) is 11.5 Å². The summed E-state index contributed by atoms with van der Waals surface area (Å²) >= 11 is 12.5. The molecule has 0 unspecified atom stereocenters. The number of nitrogens with zero attached hydrogens (tertiary/aromatic N) is 3. The maximum Gasteiger partial charge on any atom is 0.278 e. The van der Waals surface area contributed by atoms with Crippen molar-refractivity contribution in [2.24, 2.45) is 0 Å². The molecule has 0 saturated heterocycles. The number of hydrogen-bond acceptors (Lipinski definition) is 7. The highest BCUT2D eigenvalue weighted by atomic mass is 35.5. The van der Waals surface area contributed by atoms with Crippen molar-refractivity contribution >= 4 is 74.5 Å². The van der Waals surface area contributed by atoms with Crippen molar-refractivity contribution in [3.63, 3.8) is 0 Å². The molecule has 1 aromatic carbocycles. The molecular weight excluding hydrogens is 581 g/mol. The zero-order valence-electron chi connectivity index (χ0n) is 19.3. The average molecular weight is 601 g/mol. The number of aliphatic hydroxyl groups excluding tert-OH is 1. The molecule has 3 aromatic heterocycles. The van der Waals surface area contributed by atoms with Gasteiger partial charge in [0.2, 0.25) is 0 Å². The number of aromatic amines is 1. The summed E-state index contributed by atoms with van der Waals surface area (Å²) in [6.45, 7) is 2.00. The van der Waals surface area contributed by atoms with E-state index in [0.29, 0.717) is 0 Å². The van der Waals surface area contributed by atoms with Gasteiger partial charge in [0, 0.05) is 29.5 Å². The van der Waals surface area contributed by atoms with E-state index in [1.165, 1.54) is 19.3 Å². The molecule has 194 valence electrons. The average Bonchev–Trinajstić information content (AvgIpc) is 3.46. The molecule has 14 heteroatoms. The highest BCUT2D eigenvalue weighted by Gasteiger charge is 2.39. The van der Waals surface area contributed by atoms with Gasteiger partial charge in [-0.2, -0.15) is 0 Å². The maximum absolute atomic E-state index is 12.5. The Kier molecular flexibility index (Phi) is 8.88. The van der Waals surface area contributed by atoms with Crippen molar-refractivity contribution < 1.29 is 18.3 Å². The Balaban J connectivity index is 0.000000231. The number of nitrogens with one attached hydrogen (secondary N) is 2. The highest BCUT2D eigenvalue weighted by molar-refractivity contribution is 7.89. The van der Waals surface area contributed by atoms with Gasteiger partial charge in [-0.25, -0.2) is 18.4 Å². The van der Waals surface area contributed by atoms with Crippen LogP contribution in [0.1, 0.15) is 10.6 Å². The Morgan fingerprint density at radius 2 is 1.84 bits per heavy atom. The molecule has 0 radical (unpaired) electrons. The normalized spacial score (nSPS) is 13.7. The number of aromatic nitrogens is 3. The van der Waals surface area contributed by atoms with Crippen molar-refractivity contribution in [2.45, 2.75) is 11.8 Å². The number of halogens is 3. The molecular formula is C23H20Cl3N5O4S2. The minimum atomic E-state index is -3.96. The van der Waals surface area contributed by atoms with Gasteiger partial charge in [-0.1, -0.05) is 41.4 Å². The number of likely N-dealkylation sites (N-methyl/N-ethyl adjacent to an activating group) is 1. The topological polar surface area (TPSA) is 128 Å². The molecule has 0 spiro atoms. The molecule has 4 aromatic rings. The number of pyridine rings is 1. The summed E-state index contributed by atoms with van der Waals surface area (Å²) in [5.41, 5.74) is 2.75. The first-order valence-electron chi connectivity index (χ1n) is 10.3. The van der Waals surface area contributed by atoms with E-state index in [2.05, 4.69) is 20.3 Å². The minimum absolute atomic E-state index is 0. The number of hydrogen-bond donors (Lipinski definition) is 3. The van der Waals surface area contributed by atoms with Crippen LogP contribution < -0.4 is 5.32 Å². The number of fused-ring (bicyclic) bond motifs is 1. The molecule has 3 N–H and O–H groups in total. The SMILES string of the molecule is CN1C(C(=O)Nc2ccccn2)=C(O)c2sc(Cl)cc2S1(=O)=O.Cc1[nH]cnc1-c1ccc(Cl)cc1.Cl. The molecule has 0 aliphatic carbocycles. The van der Waals surface area contributed by atoms with Crippen molar-refractivity contribution in [1.82, 2.24) is 19.3 Å². The highest BCUT2D eigenvalue weighted by Crippen LogP contribution is 2.41. The standard InChI is InChI=1S/C13H10ClN3O4S2.C10H9ClN2.ClH/c1-17-10(13(19)16-9-4-2-3-5-15-9)11(18)12-7(23(17,20)21)6-8(14)22-12;1-7-10(13-6-12-7)8-2-4-9(11)5-3-8;/h2-6,18H,1H3,(H,15,16,19);2-6H,1H3,(H,12,13);1H. The van der Waals surface area contributed by atoms with Crippen molar-refractivity contribution in [3.05, 3.63) is 86.7 Å². The first-order valence-corrected chi connectivity index (χ1v) is 13.3. The van der Waals surface area contributed by atoms with Gasteiger partial charge in [0.25, 0.3) is 15.9 Å². The number of thiophene rings is 1. The summed E-state index contributed by atoms with van der Waals surface area (Å²) in [7, 11) is -2.77. The first kappa shape index (κ1) is 28.5. The minimum Gasteiger partial charge on any atom is -0.504 e. The van der Waals surface area contributed by atoms with E-state index < -0.39 is 21.7 Å². The van der Waals surface area contributed by atoms with Crippen LogP contribution in [0, 0.1) is 6.92 Å². The van der Waals surface area contributed by atoms with Gasteiger partial charge in [-0.05, 0) is 37.3 Å². The molecule has 1 aliphatic heterocycles. The molecule has 1 aliphatic rings. The fourth-order valence-electron chi connectivity index (χ4n) is 3.35. The predicted octanol–water partition coefficient (Wildman–Crippen LogP) is 5.76. The van der Waals surface area contributed by atoms with E-state index in [1.54, 1.807) is 24.5 Å². The van der Waals surface area contributed by atoms with Crippen LogP contribution in [-0.4, -0.2) is 45.7 Å². The number of sulfonamides is 1. The number of aryl methyl sites for hydroxylation is 1. The predicted molar refractivity (Wildman–Crippen MR) is 148 cm³/mol. The van der Waals surface area contributed by atoms with Crippen molar-refractivity contribution in [3.8, 4) is 11.3 Å². The van der Waals surface area contributed by atoms with Crippen LogP contribution >= 0.6 is 46.9 Å². The van der Waals surface area contributed by atoms with Gasteiger partial charge >= 0.3 is 0 Å². The zero-order chi connectivity index (χ0) is 26.0. The molecule has 0 bridgehead atoms. The summed E-state index contributed by atoms with van der Waals surface area (Å²) in [6.07, 6.45) is 3.17. The van der Waals surface area contributed by atoms with Gasteiger partial charge in [0.05, 0.1) is 21.2 Å². The fourth-order valence-corrected chi connectivity index (χ4v) is 6.42. The molecule has 5 rings (SSSR count). The van der Waals surface area contributed by atoms with Crippen LogP contribution in [0.2, 0.25) is 9.36 Å². The molecule has 0 fully saturated rings. The molecule has 0 atom stereocenters. The van der Waals surface area contributed by atoms with E-state index >= 15 is 0 Å². The molecule has 9 nitrogen and oxygen atoms in total. The number of carbonyl (C=O) groups excluding carboxylic acids is 1. The second-order valence-corrected chi connectivity index (χ2v) is 11.5. The Hall–Kier alpha value is -3.09. The largest absolute Gasteiger partial charge is 0.504 e. The second-order valence-electron chi connectivity index (χ2n) is 7.47. The number of anilines is 1. The van der Waals surface area contributed by atoms with Gasteiger partial charge in [0.1, 0.15) is 10.7 Å². The van der Waals surface area contributed by atoms with Crippen LogP contribution in [0.4, 0.5) is 5.82 Å². The van der Waals surface area contributed by atoms with E-state index in [1.807, 2.05) is 31.2 Å². The van der Waals surface area contributed by atoms with Crippen LogP contribution in [0.5, 0.6) is 0 Å². The van der Waals surface area contributed by atoms with Crippen LogP contribution in [0.25, 0.3) is 17.0 Å². The van der Waals surface area contributed by atoms with Gasteiger partial charge < -0.3 is 15.4 Å². The molecule has 37 heavy (non-hydrogen) atoms.